The van der Waals surface area contributed by atoms with Gasteiger partial charge in [-0.15, -0.1) is 0 Å². The van der Waals surface area contributed by atoms with Gasteiger partial charge in [0.15, 0.2) is 9.84 Å². The van der Waals surface area contributed by atoms with Crippen molar-refractivity contribution in [1.82, 2.24) is 10.2 Å². The maximum atomic E-state index is 11.4. The van der Waals surface area contributed by atoms with E-state index >= 15 is 0 Å². The molecule has 1 aliphatic rings. The minimum atomic E-state index is -2.78. The molecule has 1 aromatic carbocycles. The van der Waals surface area contributed by atoms with Crippen LogP contribution in [0.2, 0.25) is 0 Å². The third-order valence-corrected chi connectivity index (χ3v) is 5.36. The summed E-state index contributed by atoms with van der Waals surface area (Å²) in [5.41, 5.74) is 2.54. The normalized spacial score (nSPS) is 19.0. The van der Waals surface area contributed by atoms with Gasteiger partial charge in [0.2, 0.25) is 0 Å². The minimum Gasteiger partial charge on any atom is -0.312 e. The van der Waals surface area contributed by atoms with Crippen LogP contribution < -0.4 is 5.32 Å². The highest BCUT2D eigenvalue weighted by molar-refractivity contribution is 7.91. The van der Waals surface area contributed by atoms with Crippen LogP contribution in [0.3, 0.4) is 0 Å². The van der Waals surface area contributed by atoms with Crippen molar-refractivity contribution in [1.29, 1.82) is 0 Å². The maximum Gasteiger partial charge on any atom is 0.152 e. The van der Waals surface area contributed by atoms with Gasteiger partial charge in [0.1, 0.15) is 0 Å². The first-order valence-electron chi connectivity index (χ1n) is 7.66. The van der Waals surface area contributed by atoms with Crippen molar-refractivity contribution < 1.29 is 8.42 Å². The lowest BCUT2D eigenvalue weighted by molar-refractivity contribution is 0.287. The molecule has 1 saturated heterocycles. The van der Waals surface area contributed by atoms with Crippen molar-refractivity contribution in [2.45, 2.75) is 26.9 Å². The van der Waals surface area contributed by atoms with E-state index in [0.29, 0.717) is 30.5 Å². The predicted molar refractivity (Wildman–Crippen MR) is 86.9 cm³/mol. The first kappa shape index (κ1) is 16.5. The van der Waals surface area contributed by atoms with Gasteiger partial charge in [0.25, 0.3) is 0 Å². The van der Waals surface area contributed by atoms with Gasteiger partial charge in [0, 0.05) is 26.2 Å². The fourth-order valence-electron chi connectivity index (χ4n) is 2.43. The highest BCUT2D eigenvalue weighted by Gasteiger charge is 2.21. The zero-order chi connectivity index (χ0) is 15.3. The minimum absolute atomic E-state index is 0.296. The van der Waals surface area contributed by atoms with Gasteiger partial charge in [-0.25, -0.2) is 8.42 Å². The van der Waals surface area contributed by atoms with E-state index in [1.54, 1.807) is 0 Å². The van der Waals surface area contributed by atoms with Crippen LogP contribution in [0.15, 0.2) is 24.3 Å². The van der Waals surface area contributed by atoms with Crippen molar-refractivity contribution in [2.24, 2.45) is 5.92 Å². The molecule has 4 nitrogen and oxygen atoms in total. The van der Waals surface area contributed by atoms with E-state index in [-0.39, 0.29) is 0 Å². The summed E-state index contributed by atoms with van der Waals surface area (Å²) in [5, 5.41) is 3.43. The smallest absolute Gasteiger partial charge is 0.152 e. The highest BCUT2D eigenvalue weighted by atomic mass is 32.2. The Morgan fingerprint density at radius 3 is 2.24 bits per heavy atom. The second-order valence-electron chi connectivity index (χ2n) is 6.27. The zero-order valence-corrected chi connectivity index (χ0v) is 13.8. The first-order valence-corrected chi connectivity index (χ1v) is 9.48. The molecule has 0 aromatic heterocycles. The summed E-state index contributed by atoms with van der Waals surface area (Å²) in [4.78, 5) is 2.22. The summed E-state index contributed by atoms with van der Waals surface area (Å²) < 4.78 is 22.8. The molecule has 5 heteroatoms. The molecule has 1 N–H and O–H groups in total. The second kappa shape index (κ2) is 7.38. The van der Waals surface area contributed by atoms with Gasteiger partial charge in [-0.3, -0.25) is 4.90 Å². The van der Waals surface area contributed by atoms with Crippen molar-refractivity contribution in [3.63, 3.8) is 0 Å². The van der Waals surface area contributed by atoms with Crippen LogP contribution in [0.4, 0.5) is 0 Å². The number of sulfone groups is 1. The molecule has 0 amide bonds. The molecule has 0 bridgehead atoms. The molecule has 118 valence electrons. The summed E-state index contributed by atoms with van der Waals surface area (Å²) >= 11 is 0. The van der Waals surface area contributed by atoms with E-state index in [1.807, 2.05) is 0 Å². The number of hydrogen-bond donors (Lipinski definition) is 1. The fraction of sp³-hybridized carbons (Fsp3) is 0.625. The van der Waals surface area contributed by atoms with Gasteiger partial charge < -0.3 is 5.32 Å². The molecule has 0 saturated carbocycles. The number of nitrogens with one attached hydrogen (secondary N) is 1. The number of hydrogen-bond acceptors (Lipinski definition) is 4. The molecule has 1 aliphatic heterocycles. The number of benzene rings is 1. The quantitative estimate of drug-likeness (QED) is 0.868. The van der Waals surface area contributed by atoms with E-state index in [9.17, 15) is 8.42 Å². The van der Waals surface area contributed by atoms with E-state index < -0.39 is 9.84 Å². The molecule has 1 heterocycles. The van der Waals surface area contributed by atoms with Crippen molar-refractivity contribution >= 4 is 9.84 Å². The van der Waals surface area contributed by atoms with E-state index in [2.05, 4.69) is 48.3 Å². The van der Waals surface area contributed by atoms with Gasteiger partial charge in [-0.1, -0.05) is 38.1 Å². The average molecular weight is 310 g/mol. The molecule has 0 unspecified atom stereocenters. The van der Waals surface area contributed by atoms with Crippen molar-refractivity contribution in [3.05, 3.63) is 35.4 Å². The SMILES string of the molecule is CC(C)CNCc1ccc(CN2CCS(=O)(=O)CC2)cc1. The van der Waals surface area contributed by atoms with Crippen LogP contribution in [0.1, 0.15) is 25.0 Å². The highest BCUT2D eigenvalue weighted by Crippen LogP contribution is 2.11. The monoisotopic (exact) mass is 310 g/mol. The molecule has 2 rings (SSSR count). The fourth-order valence-corrected chi connectivity index (χ4v) is 3.71. The van der Waals surface area contributed by atoms with E-state index in [4.69, 9.17) is 0 Å². The Hall–Kier alpha value is -0.910. The van der Waals surface area contributed by atoms with Gasteiger partial charge in [-0.2, -0.15) is 0 Å². The van der Waals surface area contributed by atoms with E-state index in [0.717, 1.165) is 19.6 Å². The lowest BCUT2D eigenvalue weighted by atomic mass is 10.1. The predicted octanol–water partition coefficient (Wildman–Crippen LogP) is 1.66. The topological polar surface area (TPSA) is 49.4 Å². The van der Waals surface area contributed by atoms with Crippen LogP contribution in [0, 0.1) is 5.92 Å². The molecular formula is C16H26N2O2S. The Balaban J connectivity index is 1.80. The van der Waals surface area contributed by atoms with Crippen molar-refractivity contribution in [2.75, 3.05) is 31.1 Å². The summed E-state index contributed by atoms with van der Waals surface area (Å²) in [7, 11) is -2.78. The summed E-state index contributed by atoms with van der Waals surface area (Å²) in [5.74, 6) is 1.26. The Bertz CT molecular complexity index is 524. The van der Waals surface area contributed by atoms with Crippen LogP contribution in [-0.2, 0) is 22.9 Å². The maximum absolute atomic E-state index is 11.4. The lowest BCUT2D eigenvalue weighted by Gasteiger charge is -2.26. The van der Waals surface area contributed by atoms with Crippen LogP contribution >= 0.6 is 0 Å². The van der Waals surface area contributed by atoms with Crippen LogP contribution in [-0.4, -0.2) is 44.5 Å². The van der Waals surface area contributed by atoms with E-state index in [1.165, 1.54) is 11.1 Å². The Labute approximate surface area is 128 Å². The summed E-state index contributed by atoms with van der Waals surface area (Å²) in [6.07, 6.45) is 0. The Morgan fingerprint density at radius 1 is 1.10 bits per heavy atom. The van der Waals surface area contributed by atoms with Gasteiger partial charge in [-0.05, 0) is 23.6 Å². The Morgan fingerprint density at radius 2 is 1.67 bits per heavy atom. The number of rotatable bonds is 6. The zero-order valence-electron chi connectivity index (χ0n) is 13.0. The van der Waals surface area contributed by atoms with Gasteiger partial charge in [0.05, 0.1) is 11.5 Å². The summed E-state index contributed by atoms with van der Waals surface area (Å²) in [6, 6.07) is 8.61. The molecule has 21 heavy (non-hydrogen) atoms. The average Bonchev–Trinajstić information content (AvgIpc) is 2.43. The molecular weight excluding hydrogens is 284 g/mol. The molecule has 0 aliphatic carbocycles. The number of nitrogens with zero attached hydrogens (tertiary/aromatic N) is 1. The third kappa shape index (κ3) is 5.77. The lowest BCUT2D eigenvalue weighted by Crippen LogP contribution is -2.39. The molecule has 1 fully saturated rings. The Kier molecular flexibility index (Phi) is 5.79. The van der Waals surface area contributed by atoms with Crippen molar-refractivity contribution in [3.8, 4) is 0 Å². The third-order valence-electron chi connectivity index (χ3n) is 3.75. The second-order valence-corrected chi connectivity index (χ2v) is 8.57. The van der Waals surface area contributed by atoms with Crippen LogP contribution in [0.5, 0.6) is 0 Å². The molecule has 0 radical (unpaired) electrons. The first-order chi connectivity index (χ1) is 9.94. The summed E-state index contributed by atoms with van der Waals surface area (Å²) in [6.45, 7) is 8.49. The molecule has 0 spiro atoms. The standard InChI is InChI=1S/C16H26N2O2S/c1-14(2)11-17-12-15-3-5-16(6-4-15)13-18-7-9-21(19,20)10-8-18/h3-6,14,17H,7-13H2,1-2H3. The molecule has 0 atom stereocenters. The largest absolute Gasteiger partial charge is 0.312 e. The van der Waals surface area contributed by atoms with Crippen LogP contribution in [0.25, 0.3) is 0 Å². The van der Waals surface area contributed by atoms with Gasteiger partial charge >= 0.3 is 0 Å². The molecule has 1 aromatic rings.